The predicted octanol–water partition coefficient (Wildman–Crippen LogP) is 3.64. The molecule has 2 rings (SSSR count). The molecule has 0 aliphatic carbocycles. The first-order valence-corrected chi connectivity index (χ1v) is 7.57. The summed E-state index contributed by atoms with van der Waals surface area (Å²) in [6.07, 6.45) is 0. The van der Waals surface area contributed by atoms with Crippen molar-refractivity contribution in [3.8, 4) is 0 Å². The van der Waals surface area contributed by atoms with Crippen LogP contribution in [0.5, 0.6) is 0 Å². The third-order valence-electron chi connectivity index (χ3n) is 3.90. The highest BCUT2D eigenvalue weighted by atomic mass is 16.5. The summed E-state index contributed by atoms with van der Waals surface area (Å²) in [4.78, 5) is 8.58. The number of aryl methyl sites for hydroxylation is 4. The van der Waals surface area contributed by atoms with Gasteiger partial charge in [-0.25, -0.2) is 20.9 Å². The highest BCUT2D eigenvalue weighted by molar-refractivity contribution is 6.40. The summed E-state index contributed by atoms with van der Waals surface area (Å²) in [5.74, 6) is 0.0259. The Morgan fingerprint density at radius 3 is 1.33 bits per heavy atom. The van der Waals surface area contributed by atoms with Gasteiger partial charge in [0.1, 0.15) is 0 Å². The highest BCUT2D eigenvalue weighted by Gasteiger charge is 2.09. The van der Waals surface area contributed by atoms with E-state index in [-0.39, 0.29) is 11.7 Å². The van der Waals surface area contributed by atoms with Crippen LogP contribution in [0.25, 0.3) is 0 Å². The van der Waals surface area contributed by atoms with Crippen LogP contribution in [-0.4, -0.2) is 22.1 Å². The maximum Gasteiger partial charge on any atom is 0.195 e. The smallest absolute Gasteiger partial charge is 0.195 e. The first kappa shape index (κ1) is 17.7. The third kappa shape index (κ3) is 4.18. The van der Waals surface area contributed by atoms with Crippen LogP contribution >= 0.6 is 0 Å². The summed E-state index contributed by atoms with van der Waals surface area (Å²) in [6.45, 7) is 7.98. The Morgan fingerprint density at radius 2 is 1.04 bits per heavy atom. The topological polar surface area (TPSA) is 89.2 Å². The molecule has 2 aromatic carbocycles. The second-order valence-corrected chi connectivity index (χ2v) is 5.68. The van der Waals surface area contributed by atoms with Crippen LogP contribution in [0.15, 0.2) is 46.4 Å². The molecule has 2 aromatic rings. The fourth-order valence-corrected chi connectivity index (χ4v) is 2.11. The van der Waals surface area contributed by atoms with Gasteiger partial charge in [-0.3, -0.25) is 10.4 Å². The average molecular weight is 326 g/mol. The van der Waals surface area contributed by atoms with Gasteiger partial charge in [0, 0.05) is 0 Å². The Kier molecular flexibility index (Phi) is 5.68. The quantitative estimate of drug-likeness (QED) is 0.385. The molecule has 0 spiro atoms. The van der Waals surface area contributed by atoms with Gasteiger partial charge >= 0.3 is 0 Å². The maximum atomic E-state index is 9.38. The van der Waals surface area contributed by atoms with E-state index in [1.807, 2.05) is 75.1 Å². The number of nitrogens with one attached hydrogen (secondary N) is 2. The van der Waals surface area contributed by atoms with Crippen molar-refractivity contribution in [2.45, 2.75) is 27.7 Å². The van der Waals surface area contributed by atoms with Crippen LogP contribution in [-0.2, 0) is 0 Å². The Bertz CT molecular complexity index is 730. The molecule has 0 bridgehead atoms. The molecule has 0 aliphatic heterocycles. The molecule has 6 heteroatoms. The van der Waals surface area contributed by atoms with Gasteiger partial charge in [-0.1, -0.05) is 12.1 Å². The molecule has 0 aliphatic rings. The van der Waals surface area contributed by atoms with Gasteiger partial charge in [0.2, 0.25) is 0 Å². The van der Waals surface area contributed by atoms with E-state index < -0.39 is 0 Å². The normalized spacial score (nSPS) is 12.2. The van der Waals surface area contributed by atoms with Crippen molar-refractivity contribution < 1.29 is 10.4 Å². The molecule has 0 radical (unpaired) electrons. The van der Waals surface area contributed by atoms with Crippen LogP contribution in [0.3, 0.4) is 0 Å². The van der Waals surface area contributed by atoms with Crippen LogP contribution in [0.2, 0.25) is 0 Å². The van der Waals surface area contributed by atoms with E-state index in [1.165, 1.54) is 0 Å². The molecule has 6 nitrogen and oxygen atoms in total. The molecular weight excluding hydrogens is 304 g/mol. The van der Waals surface area contributed by atoms with Crippen molar-refractivity contribution in [1.29, 1.82) is 0 Å². The van der Waals surface area contributed by atoms with Crippen molar-refractivity contribution >= 4 is 23.0 Å². The van der Waals surface area contributed by atoms with Gasteiger partial charge in [0.25, 0.3) is 0 Å². The van der Waals surface area contributed by atoms with E-state index in [2.05, 4.69) is 9.98 Å². The van der Waals surface area contributed by atoms with Gasteiger partial charge in [-0.05, 0) is 74.2 Å². The Morgan fingerprint density at radius 1 is 0.667 bits per heavy atom. The number of hydrogen-bond donors (Lipinski definition) is 4. The summed E-state index contributed by atoms with van der Waals surface area (Å²) in [5.41, 5.74) is 9.69. The molecular formula is C18H22N4O2. The lowest BCUT2D eigenvalue weighted by Crippen LogP contribution is -2.37. The average Bonchev–Trinajstić information content (AvgIpc) is 2.57. The number of rotatable bonds is 2. The molecule has 0 fully saturated rings. The van der Waals surface area contributed by atoms with Crippen molar-refractivity contribution in [3.05, 3.63) is 58.7 Å². The first-order valence-electron chi connectivity index (χ1n) is 7.57. The van der Waals surface area contributed by atoms with E-state index in [9.17, 15) is 10.4 Å². The zero-order chi connectivity index (χ0) is 17.7. The zero-order valence-corrected chi connectivity index (χ0v) is 14.3. The molecule has 0 atom stereocenters. The maximum absolute atomic E-state index is 9.38. The molecule has 24 heavy (non-hydrogen) atoms. The molecule has 4 N–H and O–H groups in total. The molecule has 0 unspecified atom stereocenters. The minimum absolute atomic E-state index is 0.0129. The summed E-state index contributed by atoms with van der Waals surface area (Å²) >= 11 is 0. The van der Waals surface area contributed by atoms with Crippen LogP contribution < -0.4 is 11.0 Å². The van der Waals surface area contributed by atoms with E-state index >= 15 is 0 Å². The van der Waals surface area contributed by atoms with Crippen LogP contribution in [0, 0.1) is 27.7 Å². The van der Waals surface area contributed by atoms with Gasteiger partial charge in [0.05, 0.1) is 11.4 Å². The lowest BCUT2D eigenvalue weighted by molar-refractivity contribution is 0.223. The zero-order valence-electron chi connectivity index (χ0n) is 14.3. The summed E-state index contributed by atoms with van der Waals surface area (Å²) < 4.78 is 0. The number of hydroxylamine groups is 2. The number of nitrogens with zero attached hydrogens (tertiary/aromatic N) is 2. The minimum atomic E-state index is 0.0129. The molecule has 0 amide bonds. The predicted molar refractivity (Wildman–Crippen MR) is 95.9 cm³/mol. The fourth-order valence-electron chi connectivity index (χ4n) is 2.11. The lowest BCUT2D eigenvalue weighted by Gasteiger charge is -2.09. The molecule has 126 valence electrons. The Labute approximate surface area is 141 Å². The standard InChI is InChI=1S/C18H22N4O2/c1-11-5-7-15(9-13(11)3)19-17(21-23)18(22-24)20-16-8-6-12(2)14(4)10-16/h5-10,23-24H,1-4H3,(H,19,21)(H,20,22). The van der Waals surface area contributed by atoms with Crippen molar-refractivity contribution in [1.82, 2.24) is 11.0 Å². The molecule has 0 aromatic heterocycles. The van der Waals surface area contributed by atoms with E-state index in [1.54, 1.807) is 0 Å². The largest absolute Gasteiger partial charge is 0.290 e. The SMILES string of the molecule is Cc1ccc(N=C(NO)C(=Nc2ccc(C)c(C)c2)NO)cc1C. The number of aliphatic imine (C=N–C) groups is 2. The molecule has 0 saturated carbocycles. The summed E-state index contributed by atoms with van der Waals surface area (Å²) in [7, 11) is 0. The van der Waals surface area contributed by atoms with Crippen molar-refractivity contribution in [2.75, 3.05) is 0 Å². The highest BCUT2D eigenvalue weighted by Crippen LogP contribution is 2.19. The lowest BCUT2D eigenvalue weighted by atomic mass is 10.1. The number of benzene rings is 2. The van der Waals surface area contributed by atoms with E-state index in [4.69, 9.17) is 0 Å². The first-order chi connectivity index (χ1) is 11.4. The molecule has 0 heterocycles. The van der Waals surface area contributed by atoms with Crippen LogP contribution in [0.1, 0.15) is 22.3 Å². The summed E-state index contributed by atoms with van der Waals surface area (Å²) in [6, 6.07) is 11.3. The molecule has 0 saturated heterocycles. The number of hydrogen-bond acceptors (Lipinski definition) is 4. The van der Waals surface area contributed by atoms with E-state index in [0.29, 0.717) is 11.4 Å². The third-order valence-corrected chi connectivity index (χ3v) is 3.90. The number of amidine groups is 2. The Balaban J connectivity index is 2.41. The van der Waals surface area contributed by atoms with Gasteiger partial charge in [-0.2, -0.15) is 0 Å². The van der Waals surface area contributed by atoms with Crippen LogP contribution in [0.4, 0.5) is 11.4 Å². The van der Waals surface area contributed by atoms with Crippen molar-refractivity contribution in [3.63, 3.8) is 0 Å². The Hall–Kier alpha value is -2.70. The monoisotopic (exact) mass is 326 g/mol. The second kappa shape index (κ2) is 7.72. The minimum Gasteiger partial charge on any atom is -0.290 e. The second-order valence-electron chi connectivity index (χ2n) is 5.68. The summed E-state index contributed by atoms with van der Waals surface area (Å²) in [5, 5.41) is 18.8. The van der Waals surface area contributed by atoms with Gasteiger partial charge in [-0.15, -0.1) is 0 Å². The van der Waals surface area contributed by atoms with Crippen molar-refractivity contribution in [2.24, 2.45) is 9.98 Å². The van der Waals surface area contributed by atoms with E-state index in [0.717, 1.165) is 22.3 Å². The van der Waals surface area contributed by atoms with Gasteiger partial charge < -0.3 is 0 Å². The fraction of sp³-hybridized carbons (Fsp3) is 0.222. The van der Waals surface area contributed by atoms with Gasteiger partial charge in [0.15, 0.2) is 11.7 Å².